The number of hydrogen-bond acceptors (Lipinski definition) is 3. The highest BCUT2D eigenvalue weighted by Gasteiger charge is 2.31. The quantitative estimate of drug-likeness (QED) is 0.767. The maximum absolute atomic E-state index is 11.7. The van der Waals surface area contributed by atoms with Crippen LogP contribution in [-0.2, 0) is 9.59 Å². The standard InChI is InChI=1S/C16H13NO3/c18-13-8-11(6-10-4-2-1-3-5-10)7-12-9-14(19)17-16(20)15(12)13/h1-7,18H,8-9H2,(H,17,19,20). The second-order valence-corrected chi connectivity index (χ2v) is 4.85. The average Bonchev–Trinajstić information content (AvgIpc) is 2.38. The summed E-state index contributed by atoms with van der Waals surface area (Å²) >= 11 is 0. The van der Waals surface area contributed by atoms with Crippen LogP contribution in [0.25, 0.3) is 6.08 Å². The van der Waals surface area contributed by atoms with Crippen LogP contribution in [0.3, 0.4) is 0 Å². The van der Waals surface area contributed by atoms with Crippen LogP contribution in [0.15, 0.2) is 58.9 Å². The highest BCUT2D eigenvalue weighted by Crippen LogP contribution is 2.32. The molecule has 4 nitrogen and oxygen atoms in total. The fourth-order valence-corrected chi connectivity index (χ4v) is 2.49. The van der Waals surface area contributed by atoms with E-state index in [0.717, 1.165) is 11.1 Å². The summed E-state index contributed by atoms with van der Waals surface area (Å²) < 4.78 is 0. The number of amides is 2. The summed E-state index contributed by atoms with van der Waals surface area (Å²) in [6.07, 6.45) is 4.18. The Morgan fingerprint density at radius 1 is 1.10 bits per heavy atom. The van der Waals surface area contributed by atoms with E-state index in [1.807, 2.05) is 42.5 Å². The van der Waals surface area contributed by atoms with Gasteiger partial charge in [0.25, 0.3) is 5.91 Å². The van der Waals surface area contributed by atoms with Gasteiger partial charge in [0.2, 0.25) is 5.91 Å². The summed E-state index contributed by atoms with van der Waals surface area (Å²) in [6, 6.07) is 9.71. The fourth-order valence-electron chi connectivity index (χ4n) is 2.49. The van der Waals surface area contributed by atoms with Crippen LogP contribution in [-0.4, -0.2) is 16.9 Å². The lowest BCUT2D eigenvalue weighted by molar-refractivity contribution is -0.129. The van der Waals surface area contributed by atoms with Crippen LogP contribution in [0.5, 0.6) is 0 Å². The van der Waals surface area contributed by atoms with Crippen molar-refractivity contribution in [3.05, 3.63) is 64.4 Å². The van der Waals surface area contributed by atoms with Crippen molar-refractivity contribution in [3.8, 4) is 0 Å². The van der Waals surface area contributed by atoms with E-state index in [0.29, 0.717) is 12.0 Å². The van der Waals surface area contributed by atoms with Gasteiger partial charge in [-0.1, -0.05) is 42.5 Å². The Bertz CT molecular complexity index is 681. The maximum atomic E-state index is 11.7. The van der Waals surface area contributed by atoms with Gasteiger partial charge in [0.05, 0.1) is 12.0 Å². The van der Waals surface area contributed by atoms with Crippen molar-refractivity contribution in [3.63, 3.8) is 0 Å². The van der Waals surface area contributed by atoms with E-state index in [2.05, 4.69) is 5.32 Å². The molecule has 1 saturated heterocycles. The molecule has 2 N–H and O–H groups in total. The van der Waals surface area contributed by atoms with Crippen LogP contribution >= 0.6 is 0 Å². The Balaban J connectivity index is 1.98. The molecular formula is C16H13NO3. The molecule has 2 aliphatic rings. The molecule has 0 saturated carbocycles. The number of imide groups is 1. The molecule has 1 aromatic rings. The van der Waals surface area contributed by atoms with Crippen LogP contribution < -0.4 is 5.32 Å². The number of rotatable bonds is 1. The maximum Gasteiger partial charge on any atom is 0.261 e. The number of nitrogens with one attached hydrogen (secondary N) is 1. The number of fused-ring (bicyclic) bond motifs is 1. The van der Waals surface area contributed by atoms with Crippen molar-refractivity contribution in [2.45, 2.75) is 12.8 Å². The second kappa shape index (κ2) is 4.81. The number of benzene rings is 1. The Morgan fingerprint density at radius 3 is 2.60 bits per heavy atom. The highest BCUT2D eigenvalue weighted by molar-refractivity contribution is 6.12. The first kappa shape index (κ1) is 12.4. The zero-order valence-corrected chi connectivity index (χ0v) is 10.7. The summed E-state index contributed by atoms with van der Waals surface area (Å²) in [5.41, 5.74) is 2.73. The number of carbonyl (C=O) groups excluding carboxylic acids is 2. The van der Waals surface area contributed by atoms with E-state index in [1.54, 1.807) is 0 Å². The molecule has 0 unspecified atom stereocenters. The van der Waals surface area contributed by atoms with Gasteiger partial charge in [-0.2, -0.15) is 0 Å². The first-order valence-electron chi connectivity index (χ1n) is 6.36. The van der Waals surface area contributed by atoms with Gasteiger partial charge in [-0.05, 0) is 16.7 Å². The van der Waals surface area contributed by atoms with Gasteiger partial charge in [0.1, 0.15) is 5.76 Å². The molecule has 1 aliphatic carbocycles. The van der Waals surface area contributed by atoms with Gasteiger partial charge < -0.3 is 5.11 Å². The zero-order valence-electron chi connectivity index (χ0n) is 10.7. The largest absolute Gasteiger partial charge is 0.511 e. The number of piperidine rings is 1. The molecule has 1 aromatic carbocycles. The minimum Gasteiger partial charge on any atom is -0.511 e. The van der Waals surface area contributed by atoms with Crippen LogP contribution in [0.4, 0.5) is 0 Å². The third-order valence-electron chi connectivity index (χ3n) is 3.32. The van der Waals surface area contributed by atoms with Crippen molar-refractivity contribution < 1.29 is 14.7 Å². The topological polar surface area (TPSA) is 66.4 Å². The third-order valence-corrected chi connectivity index (χ3v) is 3.32. The van der Waals surface area contributed by atoms with E-state index in [9.17, 15) is 14.7 Å². The first-order valence-corrected chi connectivity index (χ1v) is 6.36. The minimum absolute atomic E-state index is 0.0229. The van der Waals surface area contributed by atoms with Gasteiger partial charge in [0.15, 0.2) is 0 Å². The summed E-state index contributed by atoms with van der Waals surface area (Å²) in [5, 5.41) is 12.3. The summed E-state index contributed by atoms with van der Waals surface area (Å²) in [7, 11) is 0. The van der Waals surface area contributed by atoms with E-state index >= 15 is 0 Å². The zero-order chi connectivity index (χ0) is 14.1. The monoisotopic (exact) mass is 267 g/mol. The van der Waals surface area contributed by atoms with Crippen molar-refractivity contribution in [2.75, 3.05) is 0 Å². The van der Waals surface area contributed by atoms with Gasteiger partial charge in [-0.3, -0.25) is 14.9 Å². The van der Waals surface area contributed by atoms with Crippen LogP contribution in [0.2, 0.25) is 0 Å². The highest BCUT2D eigenvalue weighted by atomic mass is 16.3. The number of hydrogen-bond donors (Lipinski definition) is 2. The number of aliphatic hydroxyl groups is 1. The lowest BCUT2D eigenvalue weighted by Gasteiger charge is -2.23. The molecule has 100 valence electrons. The van der Waals surface area contributed by atoms with Crippen LogP contribution in [0.1, 0.15) is 18.4 Å². The molecule has 0 spiro atoms. The molecule has 1 aliphatic heterocycles. The number of aliphatic hydroxyl groups excluding tert-OH is 1. The predicted octanol–water partition coefficient (Wildman–Crippen LogP) is 2.26. The van der Waals surface area contributed by atoms with E-state index in [4.69, 9.17) is 0 Å². The molecule has 1 fully saturated rings. The van der Waals surface area contributed by atoms with Gasteiger partial charge in [-0.15, -0.1) is 0 Å². The Labute approximate surface area is 116 Å². The van der Waals surface area contributed by atoms with Crippen molar-refractivity contribution in [1.29, 1.82) is 0 Å². The lowest BCUT2D eigenvalue weighted by Crippen LogP contribution is -2.38. The van der Waals surface area contributed by atoms with Crippen molar-refractivity contribution in [2.24, 2.45) is 0 Å². The van der Waals surface area contributed by atoms with Gasteiger partial charge >= 0.3 is 0 Å². The Hall–Kier alpha value is -2.62. The average molecular weight is 267 g/mol. The summed E-state index contributed by atoms with van der Waals surface area (Å²) in [5.74, 6) is -0.822. The molecule has 4 heteroatoms. The summed E-state index contributed by atoms with van der Waals surface area (Å²) in [6.45, 7) is 0. The first-order chi connectivity index (χ1) is 9.63. The molecule has 2 amide bonds. The number of carbonyl (C=O) groups is 2. The molecule has 0 bridgehead atoms. The van der Waals surface area contributed by atoms with E-state index < -0.39 is 5.91 Å². The molecular weight excluding hydrogens is 254 g/mol. The lowest BCUT2D eigenvalue weighted by atomic mass is 9.87. The normalized spacial score (nSPS) is 20.6. The molecule has 1 heterocycles. The molecule has 0 aromatic heterocycles. The smallest absolute Gasteiger partial charge is 0.261 e. The summed E-state index contributed by atoms with van der Waals surface area (Å²) in [4.78, 5) is 23.1. The molecule has 3 rings (SSSR count). The SMILES string of the molecule is O=C1CC2=CC(=Cc3ccccc3)CC(O)=C2C(=O)N1. The number of allylic oxidation sites excluding steroid dienone is 2. The molecule has 20 heavy (non-hydrogen) atoms. The van der Waals surface area contributed by atoms with E-state index in [-0.39, 0.29) is 23.7 Å². The Kier molecular flexibility index (Phi) is 2.99. The third kappa shape index (κ3) is 2.28. The minimum atomic E-state index is -0.510. The van der Waals surface area contributed by atoms with Crippen molar-refractivity contribution >= 4 is 17.9 Å². The fraction of sp³-hybridized carbons (Fsp3) is 0.125. The molecule has 0 atom stereocenters. The van der Waals surface area contributed by atoms with Crippen molar-refractivity contribution in [1.82, 2.24) is 5.32 Å². The Morgan fingerprint density at radius 2 is 1.85 bits per heavy atom. The second-order valence-electron chi connectivity index (χ2n) is 4.85. The van der Waals surface area contributed by atoms with Crippen LogP contribution in [0, 0.1) is 0 Å². The van der Waals surface area contributed by atoms with Gasteiger partial charge in [-0.25, -0.2) is 0 Å². The molecule has 0 radical (unpaired) electrons. The predicted molar refractivity (Wildman–Crippen MR) is 74.5 cm³/mol. The van der Waals surface area contributed by atoms with Gasteiger partial charge in [0, 0.05) is 6.42 Å². The van der Waals surface area contributed by atoms with E-state index in [1.165, 1.54) is 0 Å².